The molecule has 1 unspecified atom stereocenters. The lowest BCUT2D eigenvalue weighted by atomic mass is 9.97. The molecule has 1 aliphatic rings. The van der Waals surface area contributed by atoms with Gasteiger partial charge in [0.05, 0.1) is 23.8 Å². The Labute approximate surface area is 165 Å². The molecular formula is C18H22N4O3S2. The topological polar surface area (TPSA) is 83.0 Å². The lowest BCUT2D eigenvalue weighted by molar-refractivity contribution is 0.183. The molecule has 27 heavy (non-hydrogen) atoms. The van der Waals surface area contributed by atoms with Gasteiger partial charge in [0, 0.05) is 12.0 Å². The van der Waals surface area contributed by atoms with Gasteiger partial charge in [-0.25, -0.2) is 4.98 Å². The summed E-state index contributed by atoms with van der Waals surface area (Å²) in [6.07, 6.45) is 4.35. The molecule has 0 saturated heterocycles. The van der Waals surface area contributed by atoms with Crippen molar-refractivity contribution < 1.29 is 9.26 Å². The van der Waals surface area contributed by atoms with Crippen LogP contribution in [0.5, 0.6) is 0 Å². The Morgan fingerprint density at radius 3 is 2.89 bits per heavy atom. The molecule has 0 N–H and O–H groups in total. The minimum atomic E-state index is -0.0982. The first-order chi connectivity index (χ1) is 13.1. The molecule has 7 nitrogen and oxygen atoms in total. The summed E-state index contributed by atoms with van der Waals surface area (Å²) in [5.74, 6) is 1.14. The standard InChI is InChI=1S/C18H22N4O3S2/c1-10(15-19-11(2)21-25-15)26-18-20-16-14(17(23)22(18)8-9-24-3)12-6-4-5-7-13(12)27-16/h10H,4-9H2,1-3H3. The Balaban J connectivity index is 1.79. The minimum absolute atomic E-state index is 0.0351. The normalized spacial score (nSPS) is 15.2. The number of aromatic nitrogens is 4. The zero-order valence-corrected chi connectivity index (χ0v) is 17.3. The Hall–Kier alpha value is -1.71. The van der Waals surface area contributed by atoms with Crippen LogP contribution in [0.2, 0.25) is 0 Å². The summed E-state index contributed by atoms with van der Waals surface area (Å²) in [5, 5.41) is 5.23. The van der Waals surface area contributed by atoms with Crippen LogP contribution < -0.4 is 5.56 Å². The van der Waals surface area contributed by atoms with Crippen molar-refractivity contribution in [1.82, 2.24) is 19.7 Å². The summed E-state index contributed by atoms with van der Waals surface area (Å²) < 4.78 is 12.2. The average Bonchev–Trinajstić information content (AvgIpc) is 3.24. The van der Waals surface area contributed by atoms with Crippen molar-refractivity contribution in [3.8, 4) is 0 Å². The number of rotatable bonds is 6. The number of methoxy groups -OCH3 is 1. The highest BCUT2D eigenvalue weighted by Crippen LogP contribution is 2.37. The molecule has 0 fully saturated rings. The van der Waals surface area contributed by atoms with E-state index in [0.29, 0.717) is 30.0 Å². The fourth-order valence-corrected chi connectivity index (χ4v) is 5.64. The van der Waals surface area contributed by atoms with Gasteiger partial charge in [0.2, 0.25) is 5.89 Å². The van der Waals surface area contributed by atoms with Gasteiger partial charge in [0.15, 0.2) is 11.0 Å². The van der Waals surface area contributed by atoms with Crippen LogP contribution >= 0.6 is 23.1 Å². The number of hydrogen-bond donors (Lipinski definition) is 0. The minimum Gasteiger partial charge on any atom is -0.383 e. The monoisotopic (exact) mass is 406 g/mol. The van der Waals surface area contributed by atoms with Crippen LogP contribution in [0.3, 0.4) is 0 Å². The van der Waals surface area contributed by atoms with Gasteiger partial charge in [-0.05, 0) is 45.1 Å². The van der Waals surface area contributed by atoms with Gasteiger partial charge in [-0.2, -0.15) is 4.98 Å². The molecule has 9 heteroatoms. The van der Waals surface area contributed by atoms with Gasteiger partial charge in [-0.1, -0.05) is 16.9 Å². The van der Waals surface area contributed by atoms with E-state index >= 15 is 0 Å². The van der Waals surface area contributed by atoms with Gasteiger partial charge < -0.3 is 9.26 Å². The maximum atomic E-state index is 13.3. The highest BCUT2D eigenvalue weighted by molar-refractivity contribution is 7.99. The summed E-state index contributed by atoms with van der Waals surface area (Å²) in [4.78, 5) is 24.7. The van der Waals surface area contributed by atoms with Gasteiger partial charge in [-0.3, -0.25) is 9.36 Å². The van der Waals surface area contributed by atoms with Gasteiger partial charge >= 0.3 is 0 Å². The highest BCUT2D eigenvalue weighted by Gasteiger charge is 2.24. The van der Waals surface area contributed by atoms with E-state index in [4.69, 9.17) is 14.2 Å². The third-order valence-electron chi connectivity index (χ3n) is 4.73. The predicted molar refractivity (Wildman–Crippen MR) is 106 cm³/mol. The maximum Gasteiger partial charge on any atom is 0.263 e. The van der Waals surface area contributed by atoms with E-state index in [1.807, 2.05) is 6.92 Å². The van der Waals surface area contributed by atoms with Gasteiger partial charge in [0.25, 0.3) is 5.56 Å². The fourth-order valence-electron chi connectivity index (χ4n) is 3.38. The molecule has 0 aromatic carbocycles. The first kappa shape index (κ1) is 18.6. The number of fused-ring (bicyclic) bond motifs is 3. The van der Waals surface area contributed by atoms with Crippen molar-refractivity contribution in [1.29, 1.82) is 0 Å². The third kappa shape index (κ3) is 3.55. The zero-order valence-electron chi connectivity index (χ0n) is 15.7. The second-order valence-electron chi connectivity index (χ2n) is 6.67. The smallest absolute Gasteiger partial charge is 0.263 e. The molecule has 3 heterocycles. The summed E-state index contributed by atoms with van der Waals surface area (Å²) >= 11 is 3.14. The zero-order chi connectivity index (χ0) is 19.0. The molecule has 0 saturated carbocycles. The first-order valence-corrected chi connectivity index (χ1v) is 10.8. The van der Waals surface area contributed by atoms with Crippen LogP contribution in [0.15, 0.2) is 14.5 Å². The quantitative estimate of drug-likeness (QED) is 0.457. The third-order valence-corrected chi connectivity index (χ3v) is 7.00. The molecule has 1 aliphatic carbocycles. The Bertz CT molecular complexity index is 1020. The molecular weight excluding hydrogens is 384 g/mol. The maximum absolute atomic E-state index is 13.3. The van der Waals surface area contributed by atoms with Crippen LogP contribution in [0.25, 0.3) is 10.2 Å². The van der Waals surface area contributed by atoms with Crippen molar-refractivity contribution in [2.75, 3.05) is 13.7 Å². The van der Waals surface area contributed by atoms with Crippen LogP contribution in [0, 0.1) is 6.92 Å². The molecule has 3 aromatic heterocycles. The van der Waals surface area contributed by atoms with E-state index in [2.05, 4.69) is 10.1 Å². The predicted octanol–water partition coefficient (Wildman–Crippen LogP) is 3.53. The molecule has 0 amide bonds. The SMILES string of the molecule is COCCn1c(SC(C)c2nc(C)no2)nc2sc3c(c2c1=O)CCCC3. The second kappa shape index (κ2) is 7.73. The molecule has 144 valence electrons. The number of hydrogen-bond acceptors (Lipinski definition) is 8. The van der Waals surface area contributed by atoms with E-state index in [9.17, 15) is 4.79 Å². The molecule has 4 rings (SSSR count). The molecule has 0 spiro atoms. The van der Waals surface area contributed by atoms with Gasteiger partial charge in [-0.15, -0.1) is 11.3 Å². The number of thiophene rings is 1. The largest absolute Gasteiger partial charge is 0.383 e. The number of thioether (sulfide) groups is 1. The fraction of sp³-hybridized carbons (Fsp3) is 0.556. The molecule has 0 radical (unpaired) electrons. The van der Waals surface area contributed by atoms with Crippen LogP contribution in [-0.4, -0.2) is 33.4 Å². The van der Waals surface area contributed by atoms with E-state index in [-0.39, 0.29) is 10.8 Å². The molecule has 0 bridgehead atoms. The molecule has 0 aliphatic heterocycles. The first-order valence-electron chi connectivity index (χ1n) is 9.09. The summed E-state index contributed by atoms with van der Waals surface area (Å²) in [7, 11) is 1.64. The van der Waals surface area contributed by atoms with E-state index in [1.54, 1.807) is 29.9 Å². The lowest BCUT2D eigenvalue weighted by Gasteiger charge is -2.14. The highest BCUT2D eigenvalue weighted by atomic mass is 32.2. The van der Waals surface area contributed by atoms with E-state index in [1.165, 1.54) is 28.6 Å². The number of ether oxygens (including phenoxy) is 1. The van der Waals surface area contributed by atoms with Crippen molar-refractivity contribution in [3.05, 3.63) is 32.5 Å². The Morgan fingerprint density at radius 2 is 2.15 bits per heavy atom. The van der Waals surface area contributed by atoms with Crippen molar-refractivity contribution in [2.24, 2.45) is 0 Å². The number of nitrogens with zero attached hydrogens (tertiary/aromatic N) is 4. The van der Waals surface area contributed by atoms with Crippen LogP contribution in [-0.2, 0) is 24.1 Å². The Morgan fingerprint density at radius 1 is 1.33 bits per heavy atom. The van der Waals surface area contributed by atoms with Crippen LogP contribution in [0.4, 0.5) is 0 Å². The molecule has 3 aromatic rings. The average molecular weight is 407 g/mol. The number of aryl methyl sites for hydroxylation is 3. The van der Waals surface area contributed by atoms with Crippen molar-refractivity contribution in [2.45, 2.75) is 56.5 Å². The van der Waals surface area contributed by atoms with E-state index in [0.717, 1.165) is 29.5 Å². The summed E-state index contributed by atoms with van der Waals surface area (Å²) in [6, 6.07) is 0. The second-order valence-corrected chi connectivity index (χ2v) is 9.07. The lowest BCUT2D eigenvalue weighted by Crippen LogP contribution is -2.25. The summed E-state index contributed by atoms with van der Waals surface area (Å²) in [6.45, 7) is 4.70. The van der Waals surface area contributed by atoms with Crippen LogP contribution in [0.1, 0.15) is 47.2 Å². The van der Waals surface area contributed by atoms with Gasteiger partial charge in [0.1, 0.15) is 4.83 Å². The van der Waals surface area contributed by atoms with Crippen molar-refractivity contribution in [3.63, 3.8) is 0 Å². The summed E-state index contributed by atoms with van der Waals surface area (Å²) in [5.41, 5.74) is 1.25. The molecule has 1 atom stereocenters. The van der Waals surface area contributed by atoms with Crippen molar-refractivity contribution >= 4 is 33.3 Å². The van der Waals surface area contributed by atoms with E-state index < -0.39 is 0 Å². The Kier molecular flexibility index (Phi) is 5.34.